The standard InChI is InChI=1S/C17H15ClN2O5/c1-25-14-8-6-13(7-9-14)16(17(22)19-18)12-4-2-11(3-5-12)15(21)10-20(23)24/h2-9,16H,10H2,1H3,(H,19,22). The van der Waals surface area contributed by atoms with Crippen LogP contribution in [-0.2, 0) is 4.79 Å². The Labute approximate surface area is 148 Å². The monoisotopic (exact) mass is 362 g/mol. The number of Topliss-reactive ketones (excluding diaryl/α,β-unsaturated/α-hetero) is 1. The summed E-state index contributed by atoms with van der Waals surface area (Å²) < 4.78 is 5.10. The lowest BCUT2D eigenvalue weighted by atomic mass is 9.90. The van der Waals surface area contributed by atoms with Crippen LogP contribution in [0, 0.1) is 10.1 Å². The highest BCUT2D eigenvalue weighted by Gasteiger charge is 2.23. The van der Waals surface area contributed by atoms with E-state index in [1.165, 1.54) is 12.1 Å². The van der Waals surface area contributed by atoms with E-state index in [4.69, 9.17) is 16.5 Å². The highest BCUT2D eigenvalue weighted by molar-refractivity contribution is 6.22. The van der Waals surface area contributed by atoms with Crippen molar-refractivity contribution in [3.05, 3.63) is 75.3 Å². The van der Waals surface area contributed by atoms with Crippen LogP contribution in [-0.4, -0.2) is 30.3 Å². The normalized spacial score (nSPS) is 11.4. The van der Waals surface area contributed by atoms with Crippen LogP contribution in [0.3, 0.4) is 0 Å². The summed E-state index contributed by atoms with van der Waals surface area (Å²) in [6.07, 6.45) is 0. The summed E-state index contributed by atoms with van der Waals surface area (Å²) >= 11 is 5.49. The SMILES string of the molecule is COc1ccc(C(C(=O)NCl)c2ccc(C(=O)C[N+](=O)[O-])cc2)cc1. The molecule has 1 N–H and O–H groups in total. The number of nitro groups is 1. The molecule has 0 aliphatic rings. The van der Waals surface area contributed by atoms with E-state index in [0.717, 1.165) is 0 Å². The van der Waals surface area contributed by atoms with Crippen molar-refractivity contribution in [2.24, 2.45) is 0 Å². The highest BCUT2D eigenvalue weighted by atomic mass is 35.5. The van der Waals surface area contributed by atoms with E-state index < -0.39 is 29.1 Å². The van der Waals surface area contributed by atoms with Crippen molar-refractivity contribution in [2.45, 2.75) is 5.92 Å². The van der Waals surface area contributed by atoms with Gasteiger partial charge in [0.15, 0.2) is 0 Å². The summed E-state index contributed by atoms with van der Waals surface area (Å²) in [5.41, 5.74) is 1.49. The second-order valence-corrected chi connectivity index (χ2v) is 5.39. The molecule has 1 amide bonds. The van der Waals surface area contributed by atoms with Gasteiger partial charge in [-0.1, -0.05) is 36.4 Å². The van der Waals surface area contributed by atoms with Crippen molar-refractivity contribution in [3.63, 3.8) is 0 Å². The Kier molecular flexibility index (Phi) is 6.08. The smallest absolute Gasteiger partial charge is 0.265 e. The third-order valence-electron chi connectivity index (χ3n) is 3.64. The molecule has 2 aromatic rings. The molecule has 0 saturated carbocycles. The van der Waals surface area contributed by atoms with E-state index in [9.17, 15) is 19.7 Å². The van der Waals surface area contributed by atoms with Crippen LogP contribution in [0.5, 0.6) is 5.75 Å². The number of carbonyl (C=O) groups is 2. The summed E-state index contributed by atoms with van der Waals surface area (Å²) in [4.78, 5) is 35.8. The molecule has 0 aliphatic heterocycles. The van der Waals surface area contributed by atoms with Crippen molar-refractivity contribution in [3.8, 4) is 5.75 Å². The van der Waals surface area contributed by atoms with Crippen molar-refractivity contribution >= 4 is 23.5 Å². The molecule has 1 unspecified atom stereocenters. The number of halogens is 1. The van der Waals surface area contributed by atoms with Gasteiger partial charge in [-0.3, -0.25) is 24.5 Å². The van der Waals surface area contributed by atoms with Crippen LogP contribution >= 0.6 is 11.8 Å². The molecule has 0 aliphatic carbocycles. The average Bonchev–Trinajstić information content (AvgIpc) is 2.62. The maximum atomic E-state index is 12.2. The van der Waals surface area contributed by atoms with Crippen molar-refractivity contribution in [1.82, 2.24) is 4.84 Å². The van der Waals surface area contributed by atoms with Crippen LogP contribution in [0.2, 0.25) is 0 Å². The molecule has 130 valence electrons. The van der Waals surface area contributed by atoms with E-state index in [1.54, 1.807) is 43.5 Å². The van der Waals surface area contributed by atoms with E-state index >= 15 is 0 Å². The molecule has 0 spiro atoms. The zero-order valence-corrected chi connectivity index (χ0v) is 14.0. The zero-order chi connectivity index (χ0) is 18.4. The second kappa shape index (κ2) is 8.25. The largest absolute Gasteiger partial charge is 0.497 e. The van der Waals surface area contributed by atoms with Gasteiger partial charge in [-0.2, -0.15) is 0 Å². The Bertz CT molecular complexity index is 775. The number of hydrogen-bond donors (Lipinski definition) is 1. The number of ether oxygens (including phenoxy) is 1. The number of methoxy groups -OCH3 is 1. The van der Waals surface area contributed by atoms with Gasteiger partial charge < -0.3 is 4.74 Å². The Morgan fingerprint density at radius 1 is 1.12 bits per heavy atom. The maximum Gasteiger partial charge on any atom is 0.265 e. The minimum absolute atomic E-state index is 0.209. The average molecular weight is 363 g/mol. The quantitative estimate of drug-likeness (QED) is 0.353. The van der Waals surface area contributed by atoms with Crippen molar-refractivity contribution in [2.75, 3.05) is 13.7 Å². The van der Waals surface area contributed by atoms with Crippen molar-refractivity contribution in [1.29, 1.82) is 0 Å². The van der Waals surface area contributed by atoms with Gasteiger partial charge in [-0.25, -0.2) is 0 Å². The van der Waals surface area contributed by atoms with Crippen LogP contribution in [0.15, 0.2) is 48.5 Å². The molecule has 2 rings (SSSR count). The molecular formula is C17H15ClN2O5. The minimum Gasteiger partial charge on any atom is -0.497 e. The molecule has 7 nitrogen and oxygen atoms in total. The Balaban J connectivity index is 2.33. The number of carbonyl (C=O) groups excluding carboxylic acids is 2. The molecule has 0 saturated heterocycles. The number of rotatable bonds is 7. The fourth-order valence-electron chi connectivity index (χ4n) is 2.42. The predicted octanol–water partition coefficient (Wildman–Crippen LogP) is 2.56. The molecule has 0 radical (unpaired) electrons. The predicted molar refractivity (Wildman–Crippen MR) is 91.5 cm³/mol. The van der Waals surface area contributed by atoms with Gasteiger partial charge in [-0.05, 0) is 23.3 Å². The Morgan fingerprint density at radius 3 is 2.08 bits per heavy atom. The number of benzene rings is 2. The van der Waals surface area contributed by atoms with E-state index in [0.29, 0.717) is 16.9 Å². The minimum atomic E-state index is -0.774. The molecule has 25 heavy (non-hydrogen) atoms. The van der Waals surface area contributed by atoms with Crippen LogP contribution in [0.25, 0.3) is 0 Å². The number of hydrogen-bond acceptors (Lipinski definition) is 5. The van der Waals surface area contributed by atoms with Crippen LogP contribution in [0.1, 0.15) is 27.4 Å². The van der Waals surface area contributed by atoms with Gasteiger partial charge in [0, 0.05) is 22.3 Å². The summed E-state index contributed by atoms with van der Waals surface area (Å²) in [7, 11) is 1.54. The molecule has 0 heterocycles. The number of amides is 1. The first-order valence-corrected chi connectivity index (χ1v) is 7.63. The van der Waals surface area contributed by atoms with E-state index in [1.807, 2.05) is 0 Å². The van der Waals surface area contributed by atoms with E-state index in [-0.39, 0.29) is 5.56 Å². The number of nitrogens with zero attached hydrogens (tertiary/aromatic N) is 1. The topological polar surface area (TPSA) is 98.5 Å². The Hall–Kier alpha value is -2.93. The lowest BCUT2D eigenvalue weighted by molar-refractivity contribution is -0.465. The lowest BCUT2D eigenvalue weighted by Crippen LogP contribution is -2.23. The first-order valence-electron chi connectivity index (χ1n) is 7.25. The van der Waals surface area contributed by atoms with Crippen molar-refractivity contribution < 1.29 is 19.2 Å². The zero-order valence-electron chi connectivity index (χ0n) is 13.3. The molecule has 8 heteroatoms. The lowest BCUT2D eigenvalue weighted by Gasteiger charge is -2.16. The van der Waals surface area contributed by atoms with Crippen LogP contribution < -0.4 is 9.57 Å². The molecule has 0 bridgehead atoms. The molecule has 1 atom stereocenters. The second-order valence-electron chi connectivity index (χ2n) is 5.20. The highest BCUT2D eigenvalue weighted by Crippen LogP contribution is 2.27. The number of nitrogens with one attached hydrogen (secondary N) is 1. The molecule has 0 fully saturated rings. The fourth-order valence-corrected chi connectivity index (χ4v) is 2.53. The van der Waals surface area contributed by atoms with Gasteiger partial charge >= 0.3 is 0 Å². The van der Waals surface area contributed by atoms with Gasteiger partial charge in [0.25, 0.3) is 6.54 Å². The van der Waals surface area contributed by atoms with Gasteiger partial charge in [0.2, 0.25) is 11.7 Å². The molecule has 2 aromatic carbocycles. The van der Waals surface area contributed by atoms with Gasteiger partial charge in [0.1, 0.15) is 5.75 Å². The fraction of sp³-hybridized carbons (Fsp3) is 0.176. The third-order valence-corrected chi connectivity index (χ3v) is 3.83. The van der Waals surface area contributed by atoms with Gasteiger partial charge in [-0.15, -0.1) is 0 Å². The first kappa shape index (κ1) is 18.4. The van der Waals surface area contributed by atoms with Crippen LogP contribution in [0.4, 0.5) is 0 Å². The third kappa shape index (κ3) is 4.54. The van der Waals surface area contributed by atoms with Gasteiger partial charge in [0.05, 0.1) is 13.0 Å². The summed E-state index contributed by atoms with van der Waals surface area (Å²) in [5.74, 6) is -1.08. The first-order chi connectivity index (χ1) is 12.0. The Morgan fingerprint density at radius 2 is 1.64 bits per heavy atom. The summed E-state index contributed by atoms with van der Waals surface area (Å²) in [6.45, 7) is -0.774. The molecule has 0 aromatic heterocycles. The summed E-state index contributed by atoms with van der Waals surface area (Å²) in [5, 5.41) is 10.4. The van der Waals surface area contributed by atoms with E-state index in [2.05, 4.69) is 4.84 Å². The summed E-state index contributed by atoms with van der Waals surface area (Å²) in [6, 6.07) is 13.0. The molecular weight excluding hydrogens is 348 g/mol. The number of ketones is 1. The maximum absolute atomic E-state index is 12.2.